The first-order valence-corrected chi connectivity index (χ1v) is 8.39. The van der Waals surface area contributed by atoms with Crippen LogP contribution < -0.4 is 15.8 Å². The van der Waals surface area contributed by atoms with E-state index in [1.807, 2.05) is 55.5 Å². The Morgan fingerprint density at radius 1 is 1.24 bits per heavy atom. The highest BCUT2D eigenvalue weighted by molar-refractivity contribution is 6.31. The van der Waals surface area contributed by atoms with Gasteiger partial charge in [-0.3, -0.25) is 4.79 Å². The average Bonchev–Trinajstić information content (AvgIpc) is 2.60. The summed E-state index contributed by atoms with van der Waals surface area (Å²) >= 11 is 6.35. The molecule has 2 unspecified atom stereocenters. The number of amides is 1. The van der Waals surface area contributed by atoms with Crippen molar-refractivity contribution in [3.8, 4) is 5.75 Å². The normalized spacial score (nSPS) is 12.6. The van der Waals surface area contributed by atoms with Crippen molar-refractivity contribution in [3.05, 3.63) is 64.7 Å². The SMILES string of the molecule is CCCC(N)C(=O)NC(c1cccc(OC)c1)c1ccccc1Cl.Cl. The number of hydrogen-bond donors (Lipinski definition) is 2. The highest BCUT2D eigenvalue weighted by Crippen LogP contribution is 2.30. The number of rotatable bonds is 7. The van der Waals surface area contributed by atoms with Crippen molar-refractivity contribution in [1.29, 1.82) is 0 Å². The molecular weight excluding hydrogens is 359 g/mol. The van der Waals surface area contributed by atoms with Crippen LogP contribution in [0.5, 0.6) is 5.75 Å². The molecule has 0 aliphatic rings. The molecule has 136 valence electrons. The fourth-order valence-corrected chi connectivity index (χ4v) is 2.81. The largest absolute Gasteiger partial charge is 0.497 e. The molecule has 25 heavy (non-hydrogen) atoms. The Morgan fingerprint density at radius 3 is 2.60 bits per heavy atom. The number of halogens is 2. The fourth-order valence-electron chi connectivity index (χ4n) is 2.56. The van der Waals surface area contributed by atoms with Crippen LogP contribution in [0.3, 0.4) is 0 Å². The van der Waals surface area contributed by atoms with E-state index < -0.39 is 6.04 Å². The monoisotopic (exact) mass is 382 g/mol. The third kappa shape index (κ3) is 5.63. The molecule has 4 nitrogen and oxygen atoms in total. The van der Waals surface area contributed by atoms with Crippen LogP contribution in [0.15, 0.2) is 48.5 Å². The molecule has 0 spiro atoms. The van der Waals surface area contributed by atoms with Gasteiger partial charge in [0.2, 0.25) is 5.91 Å². The number of nitrogens with two attached hydrogens (primary N) is 1. The zero-order valence-corrected chi connectivity index (χ0v) is 15.9. The summed E-state index contributed by atoms with van der Waals surface area (Å²) in [4.78, 5) is 12.4. The molecule has 0 fully saturated rings. The standard InChI is InChI=1S/C19H23ClN2O2.ClH/c1-3-7-17(21)19(23)22-18(15-10-4-5-11-16(15)20)13-8-6-9-14(12-13)24-2;/h4-6,8-12,17-18H,3,7,21H2,1-2H3,(H,22,23);1H. The molecule has 0 radical (unpaired) electrons. The van der Waals surface area contributed by atoms with Crippen LogP contribution in [0.2, 0.25) is 5.02 Å². The predicted octanol–water partition coefficient (Wildman–Crippen LogP) is 4.10. The number of nitrogens with one attached hydrogen (secondary N) is 1. The molecule has 2 rings (SSSR count). The van der Waals surface area contributed by atoms with Crippen LogP contribution in [-0.4, -0.2) is 19.1 Å². The zero-order chi connectivity index (χ0) is 17.5. The summed E-state index contributed by atoms with van der Waals surface area (Å²) in [5.41, 5.74) is 7.67. The smallest absolute Gasteiger partial charge is 0.237 e. The summed E-state index contributed by atoms with van der Waals surface area (Å²) in [5, 5.41) is 3.61. The van der Waals surface area contributed by atoms with E-state index in [4.69, 9.17) is 22.1 Å². The Morgan fingerprint density at radius 2 is 1.96 bits per heavy atom. The Bertz CT molecular complexity index is 695. The molecular formula is C19H24Cl2N2O2. The van der Waals surface area contributed by atoms with Gasteiger partial charge in [0.25, 0.3) is 0 Å². The van der Waals surface area contributed by atoms with Gasteiger partial charge in [-0.25, -0.2) is 0 Å². The number of methoxy groups -OCH3 is 1. The maximum absolute atomic E-state index is 12.4. The van der Waals surface area contributed by atoms with E-state index in [2.05, 4.69) is 5.32 Å². The topological polar surface area (TPSA) is 64.4 Å². The Kier molecular flexibility index (Phi) is 8.76. The van der Waals surface area contributed by atoms with Crippen LogP contribution >= 0.6 is 24.0 Å². The lowest BCUT2D eigenvalue weighted by Gasteiger charge is -2.23. The molecule has 0 aromatic heterocycles. The van der Waals surface area contributed by atoms with Gasteiger partial charge in [0.15, 0.2) is 0 Å². The maximum atomic E-state index is 12.4. The summed E-state index contributed by atoms with van der Waals surface area (Å²) in [6, 6.07) is 14.1. The van der Waals surface area contributed by atoms with E-state index in [1.54, 1.807) is 7.11 Å². The summed E-state index contributed by atoms with van der Waals surface area (Å²) < 4.78 is 5.29. The highest BCUT2D eigenvalue weighted by Gasteiger charge is 2.22. The first-order valence-electron chi connectivity index (χ1n) is 8.01. The fraction of sp³-hybridized carbons (Fsp3) is 0.316. The van der Waals surface area contributed by atoms with Gasteiger partial charge in [0.1, 0.15) is 5.75 Å². The molecule has 2 atom stereocenters. The second kappa shape index (κ2) is 10.3. The number of benzene rings is 2. The van der Waals surface area contributed by atoms with Gasteiger partial charge in [0, 0.05) is 5.02 Å². The van der Waals surface area contributed by atoms with E-state index in [1.165, 1.54) is 0 Å². The third-order valence-corrected chi connectivity index (χ3v) is 4.21. The Balaban J connectivity index is 0.00000312. The van der Waals surface area contributed by atoms with Crippen molar-refractivity contribution in [2.75, 3.05) is 7.11 Å². The van der Waals surface area contributed by atoms with Crippen LogP contribution in [0.1, 0.15) is 36.9 Å². The summed E-state index contributed by atoms with van der Waals surface area (Å²) in [5.74, 6) is 0.529. The third-order valence-electron chi connectivity index (χ3n) is 3.87. The Hall–Kier alpha value is -1.75. The van der Waals surface area contributed by atoms with Crippen LogP contribution in [0, 0.1) is 0 Å². The minimum absolute atomic E-state index is 0. The van der Waals surface area contributed by atoms with Gasteiger partial charge < -0.3 is 15.8 Å². The Labute approximate surface area is 160 Å². The van der Waals surface area contributed by atoms with Crippen molar-refractivity contribution in [2.24, 2.45) is 5.73 Å². The second-order valence-electron chi connectivity index (χ2n) is 5.63. The predicted molar refractivity (Wildman–Crippen MR) is 105 cm³/mol. The zero-order valence-electron chi connectivity index (χ0n) is 14.4. The van der Waals surface area contributed by atoms with Gasteiger partial charge in [-0.15, -0.1) is 12.4 Å². The van der Waals surface area contributed by atoms with Crippen molar-refractivity contribution in [3.63, 3.8) is 0 Å². The molecule has 0 heterocycles. The number of carbonyl (C=O) groups is 1. The summed E-state index contributed by atoms with van der Waals surface area (Å²) in [6.07, 6.45) is 1.49. The van der Waals surface area contributed by atoms with E-state index in [0.29, 0.717) is 11.4 Å². The van der Waals surface area contributed by atoms with Crippen LogP contribution in [0.25, 0.3) is 0 Å². The molecule has 6 heteroatoms. The van der Waals surface area contributed by atoms with Crippen molar-refractivity contribution in [1.82, 2.24) is 5.32 Å². The average molecular weight is 383 g/mol. The minimum Gasteiger partial charge on any atom is -0.497 e. The number of ether oxygens (including phenoxy) is 1. The number of carbonyl (C=O) groups excluding carboxylic acids is 1. The quantitative estimate of drug-likeness (QED) is 0.757. The van der Waals surface area contributed by atoms with Crippen LogP contribution in [0.4, 0.5) is 0 Å². The summed E-state index contributed by atoms with van der Waals surface area (Å²) in [7, 11) is 1.61. The lowest BCUT2D eigenvalue weighted by molar-refractivity contribution is -0.123. The summed E-state index contributed by atoms with van der Waals surface area (Å²) in [6.45, 7) is 2.00. The molecule has 0 bridgehead atoms. The van der Waals surface area contributed by atoms with E-state index >= 15 is 0 Å². The molecule has 2 aromatic carbocycles. The van der Waals surface area contributed by atoms with Crippen LogP contribution in [-0.2, 0) is 4.79 Å². The molecule has 0 saturated carbocycles. The lowest BCUT2D eigenvalue weighted by Crippen LogP contribution is -2.42. The molecule has 3 N–H and O–H groups in total. The van der Waals surface area contributed by atoms with Gasteiger partial charge in [-0.1, -0.05) is 55.3 Å². The highest BCUT2D eigenvalue weighted by atomic mass is 35.5. The maximum Gasteiger partial charge on any atom is 0.237 e. The van der Waals surface area contributed by atoms with Gasteiger partial charge in [0.05, 0.1) is 19.2 Å². The molecule has 1 amide bonds. The van der Waals surface area contributed by atoms with Gasteiger partial charge >= 0.3 is 0 Å². The number of hydrogen-bond acceptors (Lipinski definition) is 3. The minimum atomic E-state index is -0.536. The van der Waals surface area contributed by atoms with E-state index in [0.717, 1.165) is 23.3 Å². The molecule has 0 aliphatic carbocycles. The molecule has 0 saturated heterocycles. The van der Waals surface area contributed by atoms with E-state index in [9.17, 15) is 4.79 Å². The van der Waals surface area contributed by atoms with Crippen molar-refractivity contribution < 1.29 is 9.53 Å². The van der Waals surface area contributed by atoms with Gasteiger partial charge in [-0.2, -0.15) is 0 Å². The lowest BCUT2D eigenvalue weighted by atomic mass is 9.97. The van der Waals surface area contributed by atoms with Crippen molar-refractivity contribution in [2.45, 2.75) is 31.8 Å². The second-order valence-corrected chi connectivity index (χ2v) is 6.04. The van der Waals surface area contributed by atoms with Crippen molar-refractivity contribution >= 4 is 29.9 Å². The first kappa shape index (κ1) is 21.3. The molecule has 2 aromatic rings. The first-order chi connectivity index (χ1) is 11.6. The molecule has 0 aliphatic heterocycles. The van der Waals surface area contributed by atoms with E-state index in [-0.39, 0.29) is 24.4 Å². The van der Waals surface area contributed by atoms with Gasteiger partial charge in [-0.05, 0) is 35.7 Å².